The van der Waals surface area contributed by atoms with E-state index >= 15 is 0 Å². The molecule has 0 aromatic heterocycles. The van der Waals surface area contributed by atoms with Crippen LogP contribution in [0.25, 0.3) is 0 Å². The molecule has 78 valence electrons. The van der Waals surface area contributed by atoms with Gasteiger partial charge in [-0.15, -0.1) is 0 Å². The largest absolute Gasteiger partial charge is 0.0654 e. The molecule has 0 saturated heterocycles. The minimum Gasteiger partial charge on any atom is -0.0654 e. The third-order valence-electron chi connectivity index (χ3n) is 3.77. The standard InChI is InChI=1S/C13H26/c1-4-6-7-8-9-12-11-13(12,3)10-5-2/h12H,4-11H2,1-3H3/t12-,13+/m0/s1. The Hall–Kier alpha value is 0. The van der Waals surface area contributed by atoms with Gasteiger partial charge in [-0.25, -0.2) is 0 Å². The monoisotopic (exact) mass is 182 g/mol. The van der Waals surface area contributed by atoms with E-state index in [-0.39, 0.29) is 0 Å². The molecule has 0 aromatic carbocycles. The van der Waals surface area contributed by atoms with E-state index in [9.17, 15) is 0 Å². The zero-order valence-corrected chi connectivity index (χ0v) is 9.73. The van der Waals surface area contributed by atoms with Gasteiger partial charge >= 0.3 is 0 Å². The highest BCUT2D eigenvalue weighted by molar-refractivity contribution is 4.97. The lowest BCUT2D eigenvalue weighted by Gasteiger charge is -2.08. The summed E-state index contributed by atoms with van der Waals surface area (Å²) in [6.07, 6.45) is 11.6. The van der Waals surface area contributed by atoms with Crippen molar-refractivity contribution in [2.45, 2.75) is 72.1 Å². The maximum atomic E-state index is 2.49. The van der Waals surface area contributed by atoms with E-state index in [0.29, 0.717) is 0 Å². The highest BCUT2D eigenvalue weighted by Crippen LogP contribution is 2.57. The summed E-state index contributed by atoms with van der Waals surface area (Å²) >= 11 is 0. The average molecular weight is 182 g/mol. The predicted molar refractivity (Wildman–Crippen MR) is 59.9 cm³/mol. The van der Waals surface area contributed by atoms with Gasteiger partial charge in [-0.1, -0.05) is 52.9 Å². The normalized spacial score (nSPS) is 32.1. The molecule has 1 saturated carbocycles. The molecule has 0 heterocycles. The second kappa shape index (κ2) is 5.02. The van der Waals surface area contributed by atoms with Crippen LogP contribution in [0, 0.1) is 11.3 Å². The summed E-state index contributed by atoms with van der Waals surface area (Å²) in [6, 6.07) is 0. The Balaban J connectivity index is 2.00. The lowest BCUT2D eigenvalue weighted by molar-refractivity contribution is 0.430. The molecule has 1 rings (SSSR count). The van der Waals surface area contributed by atoms with Gasteiger partial charge in [0, 0.05) is 0 Å². The van der Waals surface area contributed by atoms with E-state index in [2.05, 4.69) is 20.8 Å². The van der Waals surface area contributed by atoms with Crippen LogP contribution in [0.5, 0.6) is 0 Å². The lowest BCUT2D eigenvalue weighted by atomic mass is 9.97. The molecule has 13 heavy (non-hydrogen) atoms. The summed E-state index contributed by atoms with van der Waals surface area (Å²) in [4.78, 5) is 0. The zero-order chi connectivity index (χ0) is 9.73. The first-order valence-electron chi connectivity index (χ1n) is 6.23. The number of rotatable bonds is 7. The van der Waals surface area contributed by atoms with Crippen molar-refractivity contribution in [3.05, 3.63) is 0 Å². The van der Waals surface area contributed by atoms with Gasteiger partial charge in [-0.05, 0) is 30.6 Å². The Bertz CT molecular complexity index is 139. The zero-order valence-electron chi connectivity index (χ0n) is 9.73. The van der Waals surface area contributed by atoms with Gasteiger partial charge in [-0.3, -0.25) is 0 Å². The highest BCUT2D eigenvalue weighted by Gasteiger charge is 2.47. The predicted octanol–water partition coefficient (Wildman–Crippen LogP) is 4.78. The number of hydrogen-bond donors (Lipinski definition) is 0. The van der Waals surface area contributed by atoms with Crippen LogP contribution >= 0.6 is 0 Å². The Morgan fingerprint density at radius 1 is 1.08 bits per heavy atom. The molecule has 0 amide bonds. The molecule has 1 aliphatic rings. The minimum atomic E-state index is 0.765. The third kappa shape index (κ3) is 3.32. The molecular formula is C13H26. The van der Waals surface area contributed by atoms with Gasteiger partial charge in [-0.2, -0.15) is 0 Å². The molecular weight excluding hydrogens is 156 g/mol. The van der Waals surface area contributed by atoms with Crippen LogP contribution in [0.2, 0.25) is 0 Å². The Labute approximate surface area is 84.1 Å². The maximum absolute atomic E-state index is 2.49. The average Bonchev–Trinajstić information content (AvgIpc) is 2.72. The van der Waals surface area contributed by atoms with Crippen LogP contribution in [0.4, 0.5) is 0 Å². The fourth-order valence-corrected chi connectivity index (χ4v) is 2.65. The van der Waals surface area contributed by atoms with Crippen molar-refractivity contribution in [3.8, 4) is 0 Å². The van der Waals surface area contributed by atoms with Gasteiger partial charge in [0.2, 0.25) is 0 Å². The van der Waals surface area contributed by atoms with Crippen LogP contribution in [-0.4, -0.2) is 0 Å². The van der Waals surface area contributed by atoms with E-state index in [1.54, 1.807) is 0 Å². The second-order valence-corrected chi connectivity index (χ2v) is 5.15. The molecule has 0 N–H and O–H groups in total. The van der Waals surface area contributed by atoms with Crippen LogP contribution in [-0.2, 0) is 0 Å². The molecule has 0 aromatic rings. The fraction of sp³-hybridized carbons (Fsp3) is 1.00. The molecule has 1 fully saturated rings. The summed E-state index contributed by atoms with van der Waals surface area (Å²) < 4.78 is 0. The topological polar surface area (TPSA) is 0 Å². The van der Waals surface area contributed by atoms with E-state index < -0.39 is 0 Å². The Morgan fingerprint density at radius 3 is 2.46 bits per heavy atom. The van der Waals surface area contributed by atoms with Gasteiger partial charge in [0.1, 0.15) is 0 Å². The summed E-state index contributed by atoms with van der Waals surface area (Å²) in [5, 5.41) is 0. The van der Waals surface area contributed by atoms with Crippen LogP contribution < -0.4 is 0 Å². The Kier molecular flexibility index (Phi) is 4.28. The van der Waals surface area contributed by atoms with Crippen molar-refractivity contribution in [1.82, 2.24) is 0 Å². The molecule has 2 atom stereocenters. The van der Waals surface area contributed by atoms with Crippen LogP contribution in [0.15, 0.2) is 0 Å². The summed E-state index contributed by atoms with van der Waals surface area (Å²) in [5.41, 5.74) is 0.765. The first-order chi connectivity index (χ1) is 6.23. The van der Waals surface area contributed by atoms with Gasteiger partial charge in [0.15, 0.2) is 0 Å². The molecule has 0 spiro atoms. The first-order valence-corrected chi connectivity index (χ1v) is 6.23. The molecule has 0 unspecified atom stereocenters. The van der Waals surface area contributed by atoms with Crippen molar-refractivity contribution >= 4 is 0 Å². The summed E-state index contributed by atoms with van der Waals surface area (Å²) in [7, 11) is 0. The van der Waals surface area contributed by atoms with Crippen molar-refractivity contribution in [2.75, 3.05) is 0 Å². The van der Waals surface area contributed by atoms with Crippen molar-refractivity contribution in [3.63, 3.8) is 0 Å². The summed E-state index contributed by atoms with van der Waals surface area (Å²) in [6.45, 7) is 7.09. The fourth-order valence-electron chi connectivity index (χ4n) is 2.65. The van der Waals surface area contributed by atoms with Gasteiger partial charge in [0.05, 0.1) is 0 Å². The molecule has 0 heteroatoms. The second-order valence-electron chi connectivity index (χ2n) is 5.15. The molecule has 0 aliphatic heterocycles. The highest BCUT2D eigenvalue weighted by atomic mass is 14.5. The van der Waals surface area contributed by atoms with E-state index in [0.717, 1.165) is 11.3 Å². The van der Waals surface area contributed by atoms with Crippen molar-refractivity contribution in [1.29, 1.82) is 0 Å². The van der Waals surface area contributed by atoms with Gasteiger partial charge in [0.25, 0.3) is 0 Å². The summed E-state index contributed by atoms with van der Waals surface area (Å²) in [5.74, 6) is 1.09. The van der Waals surface area contributed by atoms with Crippen molar-refractivity contribution in [2.24, 2.45) is 11.3 Å². The SMILES string of the molecule is CCCCCC[C@H]1C[C@@]1(C)CCC. The van der Waals surface area contributed by atoms with Crippen molar-refractivity contribution < 1.29 is 0 Å². The molecule has 0 nitrogen and oxygen atoms in total. The smallest absolute Gasteiger partial charge is 0.0295 e. The van der Waals surface area contributed by atoms with E-state index in [4.69, 9.17) is 0 Å². The number of unbranched alkanes of at least 4 members (excludes halogenated alkanes) is 3. The molecule has 0 bridgehead atoms. The molecule has 0 radical (unpaired) electrons. The first kappa shape index (κ1) is 11.1. The quantitative estimate of drug-likeness (QED) is 0.497. The van der Waals surface area contributed by atoms with E-state index in [1.807, 2.05) is 0 Å². The molecule has 1 aliphatic carbocycles. The minimum absolute atomic E-state index is 0.765. The maximum Gasteiger partial charge on any atom is -0.0295 e. The van der Waals surface area contributed by atoms with Crippen LogP contribution in [0.3, 0.4) is 0 Å². The van der Waals surface area contributed by atoms with Gasteiger partial charge < -0.3 is 0 Å². The van der Waals surface area contributed by atoms with E-state index in [1.165, 1.54) is 51.4 Å². The van der Waals surface area contributed by atoms with Crippen LogP contribution in [0.1, 0.15) is 72.1 Å². The third-order valence-corrected chi connectivity index (χ3v) is 3.77. The Morgan fingerprint density at radius 2 is 1.85 bits per heavy atom. The number of hydrogen-bond acceptors (Lipinski definition) is 0. The lowest BCUT2D eigenvalue weighted by Crippen LogP contribution is -1.97.